The van der Waals surface area contributed by atoms with E-state index < -0.39 is 35.4 Å². The lowest BCUT2D eigenvalue weighted by atomic mass is 9.85. The summed E-state index contributed by atoms with van der Waals surface area (Å²) in [5.41, 5.74) is 5.39. The van der Waals surface area contributed by atoms with Gasteiger partial charge in [-0.15, -0.1) is 16.4 Å². The molecule has 22 heteroatoms. The van der Waals surface area contributed by atoms with E-state index in [1.54, 1.807) is 45.9 Å². The van der Waals surface area contributed by atoms with E-state index in [1.807, 2.05) is 52.0 Å². The second-order valence-corrected chi connectivity index (χ2v) is 18.5. The van der Waals surface area contributed by atoms with Crippen molar-refractivity contribution >= 4 is 46.6 Å². The summed E-state index contributed by atoms with van der Waals surface area (Å²) >= 11 is 7.80. The summed E-state index contributed by atoms with van der Waals surface area (Å²) in [4.78, 5) is 63.9. The third-order valence-corrected chi connectivity index (χ3v) is 12.2. The Hall–Kier alpha value is -5.81. The number of methoxy groups -OCH3 is 1. The number of amides is 4. The Morgan fingerprint density at radius 2 is 1.67 bits per heavy atom. The molecule has 3 aromatic heterocycles. The number of carbonyl (C=O) groups is 4. The second-order valence-electron chi connectivity index (χ2n) is 17.2. The molecule has 0 spiro atoms. The van der Waals surface area contributed by atoms with Crippen molar-refractivity contribution in [2.45, 2.75) is 78.4 Å². The van der Waals surface area contributed by atoms with Crippen LogP contribution in [0.3, 0.4) is 0 Å². The van der Waals surface area contributed by atoms with E-state index in [-0.39, 0.29) is 63.4 Å². The first-order chi connectivity index (χ1) is 33.2. The van der Waals surface area contributed by atoms with Crippen LogP contribution < -0.4 is 20.7 Å². The zero-order valence-electron chi connectivity index (χ0n) is 39.4. The summed E-state index contributed by atoms with van der Waals surface area (Å²) in [7, 11) is 1.52. The van der Waals surface area contributed by atoms with Gasteiger partial charge in [-0.1, -0.05) is 61.9 Å². The van der Waals surface area contributed by atoms with Crippen molar-refractivity contribution in [2.24, 2.45) is 5.41 Å². The van der Waals surface area contributed by atoms with E-state index in [9.17, 15) is 24.3 Å². The smallest absolute Gasteiger partial charge is 0.273 e. The quantitative estimate of drug-likeness (QED) is 0.0567. The maximum Gasteiger partial charge on any atom is 0.273 e. The Balaban J connectivity index is 0.790. The van der Waals surface area contributed by atoms with Crippen LogP contribution in [0.1, 0.15) is 61.1 Å². The number of β-amino-alcohol motifs (C(OH)–C–C–N with tert-alkyl or cyclic N) is 1. The summed E-state index contributed by atoms with van der Waals surface area (Å²) in [5, 5.41) is 27.7. The first-order valence-corrected chi connectivity index (χ1v) is 23.8. The van der Waals surface area contributed by atoms with Crippen LogP contribution in [-0.2, 0) is 53.0 Å². The number of nitrogens with zero attached hydrogens (tertiary/aromatic N) is 6. The molecular weight excluding hydrogens is 934 g/mol. The van der Waals surface area contributed by atoms with Crippen molar-refractivity contribution in [2.75, 3.05) is 66.4 Å². The normalized spacial score (nSPS) is 15.3. The summed E-state index contributed by atoms with van der Waals surface area (Å²) in [6.07, 6.45) is 2.79. The lowest BCUT2D eigenvalue weighted by molar-refractivity contribution is -0.144. The Kier molecular flexibility index (Phi) is 19.6. The number of aryl methyl sites for hydroxylation is 2. The van der Waals surface area contributed by atoms with Crippen molar-refractivity contribution in [3.05, 3.63) is 88.2 Å². The predicted octanol–water partition coefficient (Wildman–Crippen LogP) is 4.22. The standard InChI is InChI=1S/C47H60ClN9O11S/c1-30-42(69-29-52-30)32-9-7-31(8-10-32)23-50-44(60)37-22-35(58)25-57(37)46(62)43(47(2,3)4)53-39(59)27-67-20-18-65-16-15-64-17-19-66-26-34-24-56(55-54-34)14-6-13-49-45(61)40-41(68-28-51-40)33-11-12-38(63-5)36(48)21-33/h7-12,21,24,28-29,35,37,43,58H,6,13-20,22-23,25-27H2,1-5H3,(H,49,61)(H,50,60)(H,53,59)/t35-,37+,43+/m1/s1. The number of benzene rings is 2. The van der Waals surface area contributed by atoms with Crippen molar-refractivity contribution < 1.29 is 52.4 Å². The highest BCUT2D eigenvalue weighted by molar-refractivity contribution is 7.13. The molecule has 1 fully saturated rings. The summed E-state index contributed by atoms with van der Waals surface area (Å²) < 4.78 is 34.6. The Morgan fingerprint density at radius 3 is 2.35 bits per heavy atom. The number of likely N-dealkylation sites (tertiary alicyclic amines) is 1. The monoisotopic (exact) mass is 993 g/mol. The molecule has 5 aromatic rings. The highest BCUT2D eigenvalue weighted by Crippen LogP contribution is 2.32. The average Bonchev–Trinajstić information content (AvgIpc) is 4.17. The van der Waals surface area contributed by atoms with Gasteiger partial charge in [-0.2, -0.15) is 0 Å². The molecule has 0 unspecified atom stereocenters. The first-order valence-electron chi connectivity index (χ1n) is 22.5. The molecule has 4 amide bonds. The Labute approximate surface area is 409 Å². The van der Waals surface area contributed by atoms with Gasteiger partial charge in [0.1, 0.15) is 30.1 Å². The van der Waals surface area contributed by atoms with Gasteiger partial charge >= 0.3 is 0 Å². The number of rotatable bonds is 26. The number of thiazole rings is 1. The Morgan fingerprint density at radius 1 is 0.957 bits per heavy atom. The number of aromatic nitrogens is 5. The van der Waals surface area contributed by atoms with Crippen LogP contribution in [0, 0.1) is 12.3 Å². The van der Waals surface area contributed by atoms with E-state index in [1.165, 1.54) is 18.4 Å². The zero-order chi connectivity index (χ0) is 49.3. The van der Waals surface area contributed by atoms with Crippen molar-refractivity contribution in [3.63, 3.8) is 0 Å². The molecule has 1 saturated heterocycles. The maximum atomic E-state index is 13.9. The average molecular weight is 995 g/mol. The minimum atomic E-state index is -0.975. The molecule has 0 saturated carbocycles. The lowest BCUT2D eigenvalue weighted by Gasteiger charge is -2.35. The largest absolute Gasteiger partial charge is 0.495 e. The van der Waals surface area contributed by atoms with Crippen molar-refractivity contribution in [1.29, 1.82) is 0 Å². The number of halogens is 1. The maximum absolute atomic E-state index is 13.9. The zero-order valence-corrected chi connectivity index (χ0v) is 41.0. The second kappa shape index (κ2) is 25.7. The summed E-state index contributed by atoms with van der Waals surface area (Å²) in [6, 6.07) is 11.0. The van der Waals surface area contributed by atoms with E-state index >= 15 is 0 Å². The van der Waals surface area contributed by atoms with Gasteiger partial charge in [0.25, 0.3) is 5.91 Å². The van der Waals surface area contributed by atoms with Crippen molar-refractivity contribution in [3.8, 4) is 27.5 Å². The number of hydrogen-bond donors (Lipinski definition) is 4. The van der Waals surface area contributed by atoms with Gasteiger partial charge in [0.05, 0.1) is 86.8 Å². The van der Waals surface area contributed by atoms with Gasteiger partial charge in [-0.05, 0) is 48.1 Å². The van der Waals surface area contributed by atoms with Gasteiger partial charge < -0.3 is 54.1 Å². The number of oxazole rings is 1. The molecule has 1 aliphatic rings. The molecule has 0 aliphatic carbocycles. The number of aliphatic hydroxyl groups is 1. The number of ether oxygens (including phenoxy) is 5. The highest BCUT2D eigenvalue weighted by atomic mass is 35.5. The van der Waals surface area contributed by atoms with E-state index in [0.29, 0.717) is 73.7 Å². The molecular formula is C47H60ClN9O11S. The number of hydrogen-bond acceptors (Lipinski definition) is 16. The van der Waals surface area contributed by atoms with Crippen LogP contribution in [0.2, 0.25) is 5.02 Å². The van der Waals surface area contributed by atoms with Crippen molar-refractivity contribution in [1.82, 2.24) is 45.8 Å². The van der Waals surface area contributed by atoms with Crippen LogP contribution in [0.4, 0.5) is 0 Å². The van der Waals surface area contributed by atoms with Gasteiger partial charge in [0.15, 0.2) is 17.8 Å². The van der Waals surface area contributed by atoms with E-state index in [4.69, 9.17) is 39.7 Å². The Bertz CT molecular complexity index is 2460. The summed E-state index contributed by atoms with van der Waals surface area (Å²) in [5.74, 6) is -0.893. The molecule has 0 bridgehead atoms. The van der Waals surface area contributed by atoms with Gasteiger partial charge in [-0.3, -0.25) is 23.9 Å². The third-order valence-electron chi connectivity index (χ3n) is 10.9. The van der Waals surface area contributed by atoms with Crippen LogP contribution in [0.5, 0.6) is 5.75 Å². The fourth-order valence-electron chi connectivity index (χ4n) is 7.34. The van der Waals surface area contributed by atoms with Gasteiger partial charge in [-0.25, -0.2) is 9.97 Å². The SMILES string of the molecule is COc1ccc(-c2ocnc2C(=O)NCCCn2cc(COCCOCCOCCOCC(=O)N[C@@H](C(=O)N3C[C@H](O)C[C@H]3C(=O)NCc3ccc(-c4scnc4C)cc3)C(C)(C)C)nn2)cc1Cl. The number of carbonyl (C=O) groups excluding carboxylic acids is 4. The minimum absolute atomic E-state index is 0.0249. The summed E-state index contributed by atoms with van der Waals surface area (Å²) in [6.45, 7) is 10.1. The van der Waals surface area contributed by atoms with E-state index in [2.05, 4.69) is 36.2 Å². The number of nitrogens with one attached hydrogen (secondary N) is 3. The van der Waals surface area contributed by atoms with Gasteiger partial charge in [0, 0.05) is 38.2 Å². The van der Waals surface area contributed by atoms with Gasteiger partial charge in [0.2, 0.25) is 17.7 Å². The molecule has 69 heavy (non-hydrogen) atoms. The molecule has 4 heterocycles. The third kappa shape index (κ3) is 15.3. The molecule has 372 valence electrons. The molecule has 20 nitrogen and oxygen atoms in total. The molecule has 3 atom stereocenters. The van der Waals surface area contributed by atoms with Crippen LogP contribution in [0.15, 0.2) is 65.0 Å². The minimum Gasteiger partial charge on any atom is -0.495 e. The van der Waals surface area contributed by atoms with Crippen LogP contribution in [-0.4, -0.2) is 143 Å². The molecule has 0 radical (unpaired) electrons. The number of aliphatic hydroxyl groups excluding tert-OH is 1. The molecule has 4 N–H and O–H groups in total. The fraction of sp³-hybridized carbons (Fsp3) is 0.489. The predicted molar refractivity (Wildman–Crippen MR) is 254 cm³/mol. The first kappa shape index (κ1) is 52.6. The fourth-order valence-corrected chi connectivity index (χ4v) is 8.41. The van der Waals surface area contributed by atoms with Crippen LogP contribution >= 0.6 is 22.9 Å². The molecule has 6 rings (SSSR count). The lowest BCUT2D eigenvalue weighted by Crippen LogP contribution is -2.58. The van der Waals surface area contributed by atoms with Crippen LogP contribution in [0.25, 0.3) is 21.8 Å². The highest BCUT2D eigenvalue weighted by Gasteiger charge is 2.44. The topological polar surface area (TPSA) is 244 Å². The molecule has 2 aromatic carbocycles. The van der Waals surface area contributed by atoms with E-state index in [0.717, 1.165) is 21.7 Å². The molecule has 1 aliphatic heterocycles.